The van der Waals surface area contributed by atoms with E-state index in [1.807, 2.05) is 61.2 Å². The van der Waals surface area contributed by atoms with E-state index in [1.165, 1.54) is 0 Å². The van der Waals surface area contributed by atoms with Gasteiger partial charge in [0.25, 0.3) is 5.91 Å². The first kappa shape index (κ1) is 21.0. The molecule has 0 radical (unpaired) electrons. The largest absolute Gasteiger partial charge is 0.454 e. The number of hydrogen-bond acceptors (Lipinski definition) is 4. The van der Waals surface area contributed by atoms with Gasteiger partial charge in [0.1, 0.15) is 0 Å². The molecular weight excluding hydrogens is 394 g/mol. The van der Waals surface area contributed by atoms with E-state index in [4.69, 9.17) is 9.47 Å². The van der Waals surface area contributed by atoms with Crippen molar-refractivity contribution in [2.45, 2.75) is 45.2 Å². The lowest BCUT2D eigenvalue weighted by Crippen LogP contribution is -2.47. The fourth-order valence-electron chi connectivity index (χ4n) is 4.04. The molecule has 0 spiro atoms. The van der Waals surface area contributed by atoms with Gasteiger partial charge in [0.2, 0.25) is 6.79 Å². The number of likely N-dealkylation sites (tertiary alicyclic amines) is 1. The molecule has 7 heteroatoms. The molecule has 2 N–H and O–H groups in total. The normalized spacial score (nSPS) is 17.5. The number of amides is 3. The molecule has 2 aliphatic heterocycles. The van der Waals surface area contributed by atoms with E-state index in [9.17, 15) is 9.59 Å². The second kappa shape index (κ2) is 9.29. The maximum atomic E-state index is 12.7. The summed E-state index contributed by atoms with van der Waals surface area (Å²) in [6.45, 7) is 6.00. The lowest BCUT2D eigenvalue weighted by atomic mass is 9.89. The molecule has 7 nitrogen and oxygen atoms in total. The average molecular weight is 424 g/mol. The predicted octanol–water partition coefficient (Wildman–Crippen LogP) is 3.64. The second-order valence-corrected chi connectivity index (χ2v) is 8.39. The minimum atomic E-state index is -0.121. The molecule has 0 aliphatic carbocycles. The maximum Gasteiger partial charge on any atom is 0.317 e. The lowest BCUT2D eigenvalue weighted by molar-refractivity contribution is 0.0950. The molecule has 0 unspecified atom stereocenters. The number of rotatable bonds is 5. The van der Waals surface area contributed by atoms with Gasteiger partial charge in [-0.15, -0.1) is 0 Å². The Morgan fingerprint density at radius 1 is 1.13 bits per heavy atom. The van der Waals surface area contributed by atoms with Crippen LogP contribution in [0.5, 0.6) is 11.5 Å². The van der Waals surface area contributed by atoms with Gasteiger partial charge in [0, 0.05) is 37.2 Å². The molecule has 1 saturated heterocycles. The standard InChI is InChI=1S/C24H29N3O4/c1-16(2)26-24(29)27-10-4-7-20(14-27)18-5-3-6-19(12-18)23(28)25-13-17-8-9-21-22(11-17)31-15-30-21/h3,5-6,8-9,11-12,16,20H,4,7,10,13-15H2,1-2H3,(H,25,28)(H,26,29)/t20-/m1/s1. The Bertz CT molecular complexity index is 960. The van der Waals surface area contributed by atoms with E-state index in [1.54, 1.807) is 0 Å². The summed E-state index contributed by atoms with van der Waals surface area (Å²) in [5.74, 6) is 1.54. The van der Waals surface area contributed by atoms with Crippen LogP contribution in [0.4, 0.5) is 4.79 Å². The highest BCUT2D eigenvalue weighted by molar-refractivity contribution is 5.94. The number of nitrogens with zero attached hydrogens (tertiary/aromatic N) is 1. The summed E-state index contributed by atoms with van der Waals surface area (Å²) in [6.07, 6.45) is 1.96. The van der Waals surface area contributed by atoms with E-state index >= 15 is 0 Å². The molecule has 2 heterocycles. The number of urea groups is 1. The van der Waals surface area contributed by atoms with Crippen molar-refractivity contribution in [1.29, 1.82) is 0 Å². The first-order chi connectivity index (χ1) is 15.0. The Kier molecular flexibility index (Phi) is 6.30. The molecule has 1 fully saturated rings. The SMILES string of the molecule is CC(C)NC(=O)N1CCC[C@@H](c2cccc(C(=O)NCc3ccc4c(c3)OCO4)c2)C1. The van der Waals surface area contributed by atoms with Crippen molar-refractivity contribution >= 4 is 11.9 Å². The van der Waals surface area contributed by atoms with Crippen molar-refractivity contribution in [3.63, 3.8) is 0 Å². The zero-order valence-corrected chi connectivity index (χ0v) is 18.0. The zero-order chi connectivity index (χ0) is 21.8. The molecule has 2 aromatic carbocycles. The van der Waals surface area contributed by atoms with Crippen LogP contribution in [0.1, 0.15) is 54.1 Å². The first-order valence-electron chi connectivity index (χ1n) is 10.8. The number of piperidine rings is 1. The Morgan fingerprint density at radius 2 is 1.97 bits per heavy atom. The smallest absolute Gasteiger partial charge is 0.317 e. The van der Waals surface area contributed by atoms with Gasteiger partial charge < -0.3 is 25.0 Å². The Hall–Kier alpha value is -3.22. The molecule has 0 saturated carbocycles. The lowest BCUT2D eigenvalue weighted by Gasteiger charge is -2.33. The predicted molar refractivity (Wildman–Crippen MR) is 117 cm³/mol. The number of benzene rings is 2. The molecule has 0 aromatic heterocycles. The summed E-state index contributed by atoms with van der Waals surface area (Å²) in [7, 11) is 0. The van der Waals surface area contributed by atoms with Crippen molar-refractivity contribution in [3.05, 3.63) is 59.2 Å². The highest BCUT2D eigenvalue weighted by Gasteiger charge is 2.25. The fourth-order valence-corrected chi connectivity index (χ4v) is 4.04. The minimum Gasteiger partial charge on any atom is -0.454 e. The molecule has 164 valence electrons. The van der Waals surface area contributed by atoms with Crippen LogP contribution >= 0.6 is 0 Å². The number of fused-ring (bicyclic) bond motifs is 1. The maximum absolute atomic E-state index is 12.7. The van der Waals surface area contributed by atoms with Crippen LogP contribution < -0.4 is 20.1 Å². The summed E-state index contributed by atoms with van der Waals surface area (Å²) in [4.78, 5) is 27.0. The molecule has 2 aliphatic rings. The van der Waals surface area contributed by atoms with Crippen LogP contribution in [0.15, 0.2) is 42.5 Å². The minimum absolute atomic E-state index is 0.0164. The number of carbonyl (C=O) groups excluding carboxylic acids is 2. The van der Waals surface area contributed by atoms with Crippen molar-refractivity contribution in [3.8, 4) is 11.5 Å². The molecular formula is C24H29N3O4. The third-order valence-electron chi connectivity index (χ3n) is 5.63. The van der Waals surface area contributed by atoms with E-state index in [-0.39, 0.29) is 30.7 Å². The van der Waals surface area contributed by atoms with Gasteiger partial charge >= 0.3 is 6.03 Å². The van der Waals surface area contributed by atoms with Gasteiger partial charge in [0.15, 0.2) is 11.5 Å². The van der Waals surface area contributed by atoms with Crippen LogP contribution in [-0.4, -0.2) is 42.8 Å². The first-order valence-corrected chi connectivity index (χ1v) is 10.8. The highest BCUT2D eigenvalue weighted by atomic mass is 16.7. The van der Waals surface area contributed by atoms with E-state index in [2.05, 4.69) is 10.6 Å². The van der Waals surface area contributed by atoms with Gasteiger partial charge in [-0.25, -0.2) is 4.79 Å². The van der Waals surface area contributed by atoms with Crippen LogP contribution in [0, 0.1) is 0 Å². The number of carbonyl (C=O) groups is 2. The highest BCUT2D eigenvalue weighted by Crippen LogP contribution is 2.32. The molecule has 1 atom stereocenters. The summed E-state index contributed by atoms with van der Waals surface area (Å²) >= 11 is 0. The Labute approximate surface area is 182 Å². The van der Waals surface area contributed by atoms with E-state index in [0.29, 0.717) is 24.4 Å². The van der Waals surface area contributed by atoms with Crippen molar-refractivity contribution < 1.29 is 19.1 Å². The quantitative estimate of drug-likeness (QED) is 0.770. The third kappa shape index (κ3) is 5.10. The van der Waals surface area contributed by atoms with E-state index < -0.39 is 0 Å². The molecule has 0 bridgehead atoms. The third-order valence-corrected chi connectivity index (χ3v) is 5.63. The Morgan fingerprint density at radius 3 is 2.81 bits per heavy atom. The topological polar surface area (TPSA) is 79.9 Å². The van der Waals surface area contributed by atoms with Crippen LogP contribution in [-0.2, 0) is 6.54 Å². The van der Waals surface area contributed by atoms with Gasteiger partial charge in [0.05, 0.1) is 0 Å². The van der Waals surface area contributed by atoms with Crippen molar-refractivity contribution in [2.24, 2.45) is 0 Å². The monoisotopic (exact) mass is 423 g/mol. The van der Waals surface area contributed by atoms with Gasteiger partial charge in [-0.1, -0.05) is 18.2 Å². The second-order valence-electron chi connectivity index (χ2n) is 8.39. The van der Waals surface area contributed by atoms with Crippen LogP contribution in [0.2, 0.25) is 0 Å². The molecule has 4 rings (SSSR count). The van der Waals surface area contributed by atoms with Crippen molar-refractivity contribution in [2.75, 3.05) is 19.9 Å². The van der Waals surface area contributed by atoms with Crippen LogP contribution in [0.3, 0.4) is 0 Å². The summed E-state index contributed by atoms with van der Waals surface area (Å²) in [6, 6.07) is 13.5. The zero-order valence-electron chi connectivity index (χ0n) is 18.0. The fraction of sp³-hybridized carbons (Fsp3) is 0.417. The van der Waals surface area contributed by atoms with E-state index in [0.717, 1.165) is 36.3 Å². The van der Waals surface area contributed by atoms with Gasteiger partial charge in [-0.2, -0.15) is 0 Å². The average Bonchev–Trinajstić information content (AvgIpc) is 3.25. The van der Waals surface area contributed by atoms with Crippen molar-refractivity contribution in [1.82, 2.24) is 15.5 Å². The molecule has 2 aromatic rings. The van der Waals surface area contributed by atoms with Crippen LogP contribution in [0.25, 0.3) is 0 Å². The number of hydrogen-bond donors (Lipinski definition) is 2. The molecule has 31 heavy (non-hydrogen) atoms. The molecule has 3 amide bonds. The summed E-state index contributed by atoms with van der Waals surface area (Å²) in [5.41, 5.74) is 2.67. The van der Waals surface area contributed by atoms with Gasteiger partial charge in [-0.3, -0.25) is 4.79 Å². The summed E-state index contributed by atoms with van der Waals surface area (Å²) < 4.78 is 10.7. The Balaban J connectivity index is 1.38. The van der Waals surface area contributed by atoms with Gasteiger partial charge in [-0.05, 0) is 62.1 Å². The summed E-state index contributed by atoms with van der Waals surface area (Å²) in [5, 5.41) is 5.94. The number of nitrogens with one attached hydrogen (secondary N) is 2. The number of ether oxygens (including phenoxy) is 2.